The van der Waals surface area contributed by atoms with E-state index in [1.807, 2.05) is 38.1 Å². The average molecular weight is 562 g/mol. The third kappa shape index (κ3) is 7.07. The summed E-state index contributed by atoms with van der Waals surface area (Å²) in [6, 6.07) is 7.62. The van der Waals surface area contributed by atoms with E-state index in [2.05, 4.69) is 17.1 Å². The fourth-order valence-electron chi connectivity index (χ4n) is 5.41. The maximum absolute atomic E-state index is 12.8. The predicted molar refractivity (Wildman–Crippen MR) is 153 cm³/mol. The molecule has 0 aliphatic carbocycles. The van der Waals surface area contributed by atoms with Crippen LogP contribution in [0, 0.1) is 12.8 Å². The van der Waals surface area contributed by atoms with Gasteiger partial charge in [-0.2, -0.15) is 4.31 Å². The molecule has 4 rings (SSSR count). The highest BCUT2D eigenvalue weighted by Gasteiger charge is 2.41. The molecule has 0 saturated carbocycles. The highest BCUT2D eigenvalue weighted by atomic mass is 32.2. The highest BCUT2D eigenvalue weighted by Crippen LogP contribution is 2.33. The van der Waals surface area contributed by atoms with Gasteiger partial charge in [-0.05, 0) is 65.6 Å². The molecular weight excluding hydrogens is 518 g/mol. The molecule has 2 unspecified atom stereocenters. The summed E-state index contributed by atoms with van der Waals surface area (Å²) in [5, 5.41) is 13.0. The van der Waals surface area contributed by atoms with Crippen molar-refractivity contribution in [3.05, 3.63) is 35.5 Å². The molecule has 2 aliphatic rings. The monoisotopic (exact) mass is 561 g/mol. The number of nitrogens with zero attached hydrogens (tertiary/aromatic N) is 4. The van der Waals surface area contributed by atoms with Crippen molar-refractivity contribution < 1.29 is 23.0 Å². The maximum atomic E-state index is 12.8. The number of aliphatic hydroxyl groups excluding tert-OH is 1. The van der Waals surface area contributed by atoms with Gasteiger partial charge in [0, 0.05) is 61.8 Å². The number of piperazine rings is 1. The molecule has 10 nitrogen and oxygen atoms in total. The Morgan fingerprint density at radius 1 is 1.28 bits per heavy atom. The zero-order valence-corrected chi connectivity index (χ0v) is 24.6. The second kappa shape index (κ2) is 12.5. The molecule has 2 aromatic rings. The molecule has 0 amide bonds. The van der Waals surface area contributed by atoms with Crippen molar-refractivity contribution in [2.24, 2.45) is 5.92 Å². The smallest absolute Gasteiger partial charge is 0.214 e. The first-order valence-electron chi connectivity index (χ1n) is 13.8. The van der Waals surface area contributed by atoms with Crippen LogP contribution < -0.4 is 15.0 Å². The Balaban J connectivity index is 1.67. The van der Waals surface area contributed by atoms with Crippen molar-refractivity contribution in [3.8, 4) is 17.1 Å². The molecule has 39 heavy (non-hydrogen) atoms. The SMILES string of the molecule is CCS(=O)(=O)N1CCN(c2nc(-c3cccc(OCC(O)CNC)c3)nc(CC3CCOC3)c2C)CC1(C)C. The Labute approximate surface area is 232 Å². The minimum atomic E-state index is -3.32. The molecule has 1 aromatic carbocycles. The first-order valence-corrected chi connectivity index (χ1v) is 15.4. The Kier molecular flexibility index (Phi) is 9.49. The van der Waals surface area contributed by atoms with E-state index in [1.54, 1.807) is 18.3 Å². The van der Waals surface area contributed by atoms with E-state index in [1.165, 1.54) is 0 Å². The van der Waals surface area contributed by atoms with Gasteiger partial charge in [0.2, 0.25) is 10.0 Å². The van der Waals surface area contributed by atoms with E-state index >= 15 is 0 Å². The third-order valence-corrected chi connectivity index (χ3v) is 9.61. The van der Waals surface area contributed by atoms with Crippen molar-refractivity contribution in [1.29, 1.82) is 0 Å². The molecular formula is C28H43N5O5S. The molecule has 0 bridgehead atoms. The summed E-state index contributed by atoms with van der Waals surface area (Å²) in [7, 11) is -1.53. The van der Waals surface area contributed by atoms with Gasteiger partial charge in [0.05, 0.1) is 5.75 Å². The summed E-state index contributed by atoms with van der Waals surface area (Å²) >= 11 is 0. The van der Waals surface area contributed by atoms with Gasteiger partial charge in [0.25, 0.3) is 0 Å². The molecule has 2 N–H and O–H groups in total. The minimum Gasteiger partial charge on any atom is -0.491 e. The highest BCUT2D eigenvalue weighted by molar-refractivity contribution is 7.89. The fraction of sp³-hybridized carbons (Fsp3) is 0.643. The molecule has 2 atom stereocenters. The standard InChI is InChI=1S/C28H43N5O5S/c1-6-39(35,36)33-12-11-32(19-28(33,3)4)27-20(2)25(14-21-10-13-37-17-21)30-26(31-27)22-8-7-9-24(15-22)38-18-23(34)16-29-5/h7-9,15,21,23,29,34H,6,10-14,16-19H2,1-5H3. The first kappa shape index (κ1) is 29.7. The van der Waals surface area contributed by atoms with Crippen LogP contribution >= 0.6 is 0 Å². The van der Waals surface area contributed by atoms with Crippen LogP contribution in [0.25, 0.3) is 11.4 Å². The summed E-state index contributed by atoms with van der Waals surface area (Å²) in [6.45, 7) is 11.3. The number of ether oxygens (including phenoxy) is 2. The Hall–Kier alpha value is -2.31. The summed E-state index contributed by atoms with van der Waals surface area (Å²) in [6.07, 6.45) is 1.20. The lowest BCUT2D eigenvalue weighted by atomic mass is 9.98. The van der Waals surface area contributed by atoms with E-state index in [0.717, 1.165) is 48.7 Å². The number of anilines is 1. The number of aromatic nitrogens is 2. The van der Waals surface area contributed by atoms with Gasteiger partial charge in [0.15, 0.2) is 5.82 Å². The Morgan fingerprint density at radius 2 is 2.08 bits per heavy atom. The lowest BCUT2D eigenvalue weighted by molar-refractivity contribution is 0.108. The number of sulfonamides is 1. The van der Waals surface area contributed by atoms with Gasteiger partial charge in [-0.1, -0.05) is 12.1 Å². The molecule has 11 heteroatoms. The van der Waals surface area contributed by atoms with Crippen molar-refractivity contribution in [2.45, 2.75) is 52.2 Å². The predicted octanol–water partition coefficient (Wildman–Crippen LogP) is 2.24. The van der Waals surface area contributed by atoms with Gasteiger partial charge in [-0.25, -0.2) is 18.4 Å². The van der Waals surface area contributed by atoms with E-state index in [4.69, 9.17) is 19.4 Å². The van der Waals surface area contributed by atoms with Crippen LogP contribution in [-0.2, 0) is 21.2 Å². The quantitative estimate of drug-likeness (QED) is 0.426. The lowest BCUT2D eigenvalue weighted by Crippen LogP contribution is -2.61. The van der Waals surface area contributed by atoms with Gasteiger partial charge >= 0.3 is 0 Å². The number of aliphatic hydroxyl groups is 1. The molecule has 0 radical (unpaired) electrons. The van der Waals surface area contributed by atoms with Crippen molar-refractivity contribution in [2.75, 3.05) is 63.7 Å². The summed E-state index contributed by atoms with van der Waals surface area (Å²) in [5.74, 6) is 2.58. The van der Waals surface area contributed by atoms with E-state index < -0.39 is 21.7 Å². The third-order valence-electron chi connectivity index (χ3n) is 7.53. The average Bonchev–Trinajstić information content (AvgIpc) is 3.41. The van der Waals surface area contributed by atoms with Crippen LogP contribution in [0.15, 0.2) is 24.3 Å². The van der Waals surface area contributed by atoms with Gasteiger partial charge in [-0.3, -0.25) is 0 Å². The molecule has 2 saturated heterocycles. The summed E-state index contributed by atoms with van der Waals surface area (Å²) in [4.78, 5) is 12.3. The molecule has 3 heterocycles. The largest absolute Gasteiger partial charge is 0.491 e. The van der Waals surface area contributed by atoms with Crippen molar-refractivity contribution in [1.82, 2.24) is 19.6 Å². The van der Waals surface area contributed by atoms with Gasteiger partial charge in [-0.15, -0.1) is 0 Å². The maximum Gasteiger partial charge on any atom is 0.214 e. The fourth-order valence-corrected chi connectivity index (χ4v) is 6.89. The zero-order chi connectivity index (χ0) is 28.2. The molecule has 0 spiro atoms. The second-order valence-corrected chi connectivity index (χ2v) is 13.3. The zero-order valence-electron chi connectivity index (χ0n) is 23.8. The van der Waals surface area contributed by atoms with Crippen LogP contribution in [0.1, 0.15) is 38.4 Å². The number of hydrogen-bond donors (Lipinski definition) is 2. The molecule has 2 fully saturated rings. The molecule has 2 aliphatic heterocycles. The Bertz CT molecular complexity index is 1230. The van der Waals surface area contributed by atoms with E-state index in [-0.39, 0.29) is 12.4 Å². The van der Waals surface area contributed by atoms with Gasteiger partial charge in [0.1, 0.15) is 24.3 Å². The number of rotatable bonds is 11. The number of hydrogen-bond acceptors (Lipinski definition) is 9. The molecule has 216 valence electrons. The van der Waals surface area contributed by atoms with Crippen molar-refractivity contribution >= 4 is 15.8 Å². The normalized spacial score (nSPS) is 20.8. The van der Waals surface area contributed by atoms with Crippen LogP contribution in [0.3, 0.4) is 0 Å². The van der Waals surface area contributed by atoms with Crippen LogP contribution in [0.4, 0.5) is 5.82 Å². The van der Waals surface area contributed by atoms with E-state index in [0.29, 0.717) is 43.7 Å². The van der Waals surface area contributed by atoms with Crippen LogP contribution in [0.2, 0.25) is 0 Å². The summed E-state index contributed by atoms with van der Waals surface area (Å²) in [5.41, 5.74) is 2.26. The number of likely N-dealkylation sites (N-methyl/N-ethyl adjacent to an activating group) is 1. The van der Waals surface area contributed by atoms with Crippen LogP contribution in [0.5, 0.6) is 5.75 Å². The number of benzene rings is 1. The Morgan fingerprint density at radius 3 is 2.74 bits per heavy atom. The number of nitrogens with one attached hydrogen (secondary N) is 1. The summed E-state index contributed by atoms with van der Waals surface area (Å²) < 4.78 is 38.6. The minimum absolute atomic E-state index is 0.0884. The van der Waals surface area contributed by atoms with E-state index in [9.17, 15) is 13.5 Å². The lowest BCUT2D eigenvalue weighted by Gasteiger charge is -2.46. The second-order valence-electron chi connectivity index (χ2n) is 11.1. The van der Waals surface area contributed by atoms with Crippen LogP contribution in [-0.4, -0.2) is 98.2 Å². The topological polar surface area (TPSA) is 117 Å². The first-order chi connectivity index (χ1) is 18.5. The van der Waals surface area contributed by atoms with Gasteiger partial charge < -0.3 is 24.8 Å². The molecule has 1 aromatic heterocycles. The van der Waals surface area contributed by atoms with Crippen molar-refractivity contribution in [3.63, 3.8) is 0 Å².